The minimum atomic E-state index is 0.403. The molecule has 94 valence electrons. The average Bonchev–Trinajstić information content (AvgIpc) is 2.64. The van der Waals surface area contributed by atoms with E-state index in [9.17, 15) is 4.79 Å². The summed E-state index contributed by atoms with van der Waals surface area (Å²) in [6.45, 7) is 5.00. The fourth-order valence-electron chi connectivity index (χ4n) is 1.89. The number of rotatable bonds is 3. The van der Waals surface area contributed by atoms with Gasteiger partial charge in [0.1, 0.15) is 6.29 Å². The number of aldehydes is 1. The van der Waals surface area contributed by atoms with Crippen LogP contribution in [0.2, 0.25) is 0 Å². The van der Waals surface area contributed by atoms with Gasteiger partial charge in [0.25, 0.3) is 0 Å². The molecular weight excluding hydrogens is 224 g/mol. The van der Waals surface area contributed by atoms with Crippen LogP contribution in [0, 0.1) is 5.92 Å². The molecule has 0 saturated heterocycles. The highest BCUT2D eigenvalue weighted by Gasteiger charge is 2.12. The van der Waals surface area contributed by atoms with Gasteiger partial charge in [0.15, 0.2) is 0 Å². The predicted octanol–water partition coefficient (Wildman–Crippen LogP) is 2.84. The average molecular weight is 242 g/mol. The molecule has 0 aromatic rings. The summed E-state index contributed by atoms with van der Waals surface area (Å²) in [4.78, 5) is 17.4. The van der Waals surface area contributed by atoms with Gasteiger partial charge in [-0.1, -0.05) is 26.0 Å². The maximum atomic E-state index is 10.9. The Labute approximate surface area is 108 Å². The number of hydrogen-bond acceptors (Lipinski definition) is 3. The van der Waals surface area contributed by atoms with Gasteiger partial charge in [-0.05, 0) is 24.5 Å². The van der Waals surface area contributed by atoms with Gasteiger partial charge in [0.05, 0.1) is 12.2 Å². The number of aliphatic imine (C=N–C) groups is 1. The summed E-state index contributed by atoms with van der Waals surface area (Å²) < 4.78 is 0. The van der Waals surface area contributed by atoms with E-state index in [4.69, 9.17) is 0 Å². The van der Waals surface area contributed by atoms with E-state index >= 15 is 0 Å². The lowest BCUT2D eigenvalue weighted by Crippen LogP contribution is -2.22. The van der Waals surface area contributed by atoms with Gasteiger partial charge in [-0.25, -0.2) is 0 Å². The first-order valence-electron chi connectivity index (χ1n) is 6.25. The Balaban J connectivity index is 2.26. The minimum Gasteiger partial charge on any atom is -0.341 e. The van der Waals surface area contributed by atoms with Crippen molar-refractivity contribution in [3.63, 3.8) is 0 Å². The Bertz CT molecular complexity index is 479. The Kier molecular flexibility index (Phi) is 3.92. The van der Waals surface area contributed by atoms with E-state index < -0.39 is 0 Å². The monoisotopic (exact) mass is 242 g/mol. The molecule has 3 nitrogen and oxygen atoms in total. The van der Waals surface area contributed by atoms with Gasteiger partial charge in [-0.2, -0.15) is 0 Å². The van der Waals surface area contributed by atoms with Crippen molar-refractivity contribution < 1.29 is 4.79 Å². The summed E-state index contributed by atoms with van der Waals surface area (Å²) in [6.07, 6.45) is 13.7. The zero-order chi connectivity index (χ0) is 13.0. The molecule has 1 heterocycles. The van der Waals surface area contributed by atoms with Crippen LogP contribution >= 0.6 is 0 Å². The Morgan fingerprint density at radius 1 is 1.44 bits per heavy atom. The molecule has 0 N–H and O–H groups in total. The molecule has 0 spiro atoms. The molecule has 18 heavy (non-hydrogen) atoms. The van der Waals surface area contributed by atoms with Crippen LogP contribution in [0.25, 0.3) is 0 Å². The zero-order valence-electron chi connectivity index (χ0n) is 10.8. The van der Waals surface area contributed by atoms with Crippen molar-refractivity contribution in [2.24, 2.45) is 10.9 Å². The smallest absolute Gasteiger partial charge is 0.149 e. The Hall–Kier alpha value is -1.90. The largest absolute Gasteiger partial charge is 0.341 e. The van der Waals surface area contributed by atoms with Crippen molar-refractivity contribution >= 4 is 12.5 Å². The van der Waals surface area contributed by atoms with Gasteiger partial charge in [-0.3, -0.25) is 9.79 Å². The predicted molar refractivity (Wildman–Crippen MR) is 74.1 cm³/mol. The number of carbonyl (C=O) groups is 1. The molecule has 2 aliphatic rings. The second-order valence-corrected chi connectivity index (χ2v) is 4.70. The second-order valence-electron chi connectivity index (χ2n) is 4.70. The molecule has 0 saturated carbocycles. The maximum Gasteiger partial charge on any atom is 0.149 e. The van der Waals surface area contributed by atoms with E-state index in [0.29, 0.717) is 5.92 Å². The van der Waals surface area contributed by atoms with E-state index in [2.05, 4.69) is 42.1 Å². The molecule has 0 bridgehead atoms. The molecule has 0 atom stereocenters. The Morgan fingerprint density at radius 3 is 3.00 bits per heavy atom. The maximum absolute atomic E-state index is 10.9. The van der Waals surface area contributed by atoms with Crippen molar-refractivity contribution in [3.05, 3.63) is 47.5 Å². The first-order chi connectivity index (χ1) is 8.70. The fourth-order valence-corrected chi connectivity index (χ4v) is 1.89. The standard InChI is InChI=1S/C15H18N2O/c1-12(2)15-10-17(8-7-16-15)14-6-4-3-5-13(9-14)11-18/h4-7,9-12H,3,8H2,1-2H3. The highest BCUT2D eigenvalue weighted by atomic mass is 16.1. The lowest BCUT2D eigenvalue weighted by molar-refractivity contribution is -0.104. The molecular formula is C15H18N2O. The molecule has 1 aliphatic heterocycles. The summed E-state index contributed by atoms with van der Waals surface area (Å²) in [5, 5.41) is 0. The van der Waals surface area contributed by atoms with Crippen LogP contribution in [0.4, 0.5) is 0 Å². The number of allylic oxidation sites excluding steroid dienone is 6. The topological polar surface area (TPSA) is 32.7 Å². The van der Waals surface area contributed by atoms with Crippen molar-refractivity contribution in [2.75, 3.05) is 6.54 Å². The lowest BCUT2D eigenvalue weighted by atomic mass is 10.1. The van der Waals surface area contributed by atoms with Crippen LogP contribution in [-0.4, -0.2) is 23.9 Å². The zero-order valence-corrected chi connectivity index (χ0v) is 10.8. The van der Waals surface area contributed by atoms with Crippen molar-refractivity contribution in [1.82, 2.24) is 4.90 Å². The second kappa shape index (κ2) is 5.63. The van der Waals surface area contributed by atoms with Gasteiger partial charge in [-0.15, -0.1) is 0 Å². The van der Waals surface area contributed by atoms with E-state index in [1.54, 1.807) is 0 Å². The number of carbonyl (C=O) groups excluding carboxylic acids is 1. The first-order valence-corrected chi connectivity index (χ1v) is 6.25. The molecule has 2 rings (SSSR count). The fraction of sp³-hybridized carbons (Fsp3) is 0.333. The third-order valence-electron chi connectivity index (χ3n) is 2.96. The van der Waals surface area contributed by atoms with Crippen LogP contribution in [0.15, 0.2) is 52.5 Å². The van der Waals surface area contributed by atoms with Gasteiger partial charge >= 0.3 is 0 Å². The van der Waals surface area contributed by atoms with Crippen molar-refractivity contribution in [1.29, 1.82) is 0 Å². The highest BCUT2D eigenvalue weighted by Crippen LogP contribution is 2.20. The van der Waals surface area contributed by atoms with E-state index in [1.165, 1.54) is 0 Å². The van der Waals surface area contributed by atoms with Crippen LogP contribution in [-0.2, 0) is 4.79 Å². The molecule has 1 aliphatic carbocycles. The summed E-state index contributed by atoms with van der Waals surface area (Å²) in [6, 6.07) is 0. The molecule has 0 aromatic heterocycles. The molecule has 0 amide bonds. The summed E-state index contributed by atoms with van der Waals surface area (Å²) in [5.74, 6) is 0.403. The van der Waals surface area contributed by atoms with E-state index in [0.717, 1.165) is 36.2 Å². The highest BCUT2D eigenvalue weighted by molar-refractivity contribution is 5.78. The van der Waals surface area contributed by atoms with Gasteiger partial charge < -0.3 is 4.90 Å². The lowest BCUT2D eigenvalue weighted by Gasteiger charge is -2.24. The number of hydrogen-bond donors (Lipinski definition) is 0. The third kappa shape index (κ3) is 2.86. The van der Waals surface area contributed by atoms with Gasteiger partial charge in [0, 0.05) is 23.7 Å². The molecule has 0 unspecified atom stereocenters. The van der Waals surface area contributed by atoms with Crippen LogP contribution in [0.5, 0.6) is 0 Å². The van der Waals surface area contributed by atoms with E-state index in [1.807, 2.05) is 18.4 Å². The summed E-state index contributed by atoms with van der Waals surface area (Å²) in [7, 11) is 0. The quantitative estimate of drug-likeness (QED) is 0.713. The van der Waals surface area contributed by atoms with E-state index in [-0.39, 0.29) is 0 Å². The molecule has 3 heteroatoms. The van der Waals surface area contributed by atoms with Crippen molar-refractivity contribution in [3.8, 4) is 0 Å². The molecule has 0 aromatic carbocycles. The van der Waals surface area contributed by atoms with Crippen molar-refractivity contribution in [2.45, 2.75) is 20.3 Å². The minimum absolute atomic E-state index is 0.403. The summed E-state index contributed by atoms with van der Waals surface area (Å²) >= 11 is 0. The Morgan fingerprint density at radius 2 is 2.28 bits per heavy atom. The van der Waals surface area contributed by atoms with Crippen LogP contribution in [0.1, 0.15) is 20.3 Å². The van der Waals surface area contributed by atoms with Crippen LogP contribution < -0.4 is 0 Å². The summed E-state index contributed by atoms with van der Waals surface area (Å²) in [5.41, 5.74) is 2.84. The SMILES string of the molecule is CC(C)C1=CN(C2=CC(C=O)=CCC=C2)CC=N1. The molecule has 0 radical (unpaired) electrons. The van der Waals surface area contributed by atoms with Gasteiger partial charge in [0.2, 0.25) is 0 Å². The molecule has 0 fully saturated rings. The van der Waals surface area contributed by atoms with Crippen LogP contribution in [0.3, 0.4) is 0 Å². The number of nitrogens with zero attached hydrogens (tertiary/aromatic N) is 2. The third-order valence-corrected chi connectivity index (χ3v) is 2.96. The normalized spacial score (nSPS) is 19.3. The first kappa shape index (κ1) is 12.6.